The van der Waals surface area contributed by atoms with Gasteiger partial charge in [-0.15, -0.1) is 5.10 Å². The van der Waals surface area contributed by atoms with Crippen LogP contribution in [0.4, 0.5) is 5.82 Å². The highest BCUT2D eigenvalue weighted by atomic mass is 32.2. The molecule has 3 atom stereocenters. The van der Waals surface area contributed by atoms with Crippen LogP contribution in [0.2, 0.25) is 0 Å². The summed E-state index contributed by atoms with van der Waals surface area (Å²) in [5, 5.41) is 11.4. The van der Waals surface area contributed by atoms with E-state index in [1.807, 2.05) is 31.2 Å². The van der Waals surface area contributed by atoms with E-state index in [2.05, 4.69) is 15.5 Å². The number of aromatic nitrogens is 2. The Hall–Kier alpha value is -1.99. The lowest BCUT2D eigenvalue weighted by atomic mass is 9.98. The van der Waals surface area contributed by atoms with Gasteiger partial charge in [-0.1, -0.05) is 18.2 Å². The molecule has 1 aromatic heterocycles. The first-order valence-corrected chi connectivity index (χ1v) is 10.1. The van der Waals surface area contributed by atoms with Gasteiger partial charge in [0.15, 0.2) is 0 Å². The van der Waals surface area contributed by atoms with Crippen LogP contribution in [0.5, 0.6) is 0 Å². The molecule has 0 bridgehead atoms. The summed E-state index contributed by atoms with van der Waals surface area (Å²) < 4.78 is 27.7. The molecule has 2 heterocycles. The number of hydrogen-bond acceptors (Lipinski definition) is 5. The first-order valence-electron chi connectivity index (χ1n) is 8.66. The van der Waals surface area contributed by atoms with Crippen LogP contribution in [-0.2, 0) is 10.0 Å². The number of rotatable bonds is 4. The number of aryl methyl sites for hydroxylation is 1. The highest BCUT2D eigenvalue weighted by molar-refractivity contribution is 7.89. The minimum Gasteiger partial charge on any atom is -0.366 e. The van der Waals surface area contributed by atoms with Crippen molar-refractivity contribution in [3.8, 4) is 0 Å². The molecule has 132 valence electrons. The molecule has 1 saturated heterocycles. The van der Waals surface area contributed by atoms with E-state index in [9.17, 15) is 8.42 Å². The summed E-state index contributed by atoms with van der Waals surface area (Å²) in [6.45, 7) is 3.03. The minimum absolute atomic E-state index is 0.249. The Morgan fingerprint density at radius 3 is 2.72 bits per heavy atom. The second-order valence-electron chi connectivity index (χ2n) is 6.95. The van der Waals surface area contributed by atoms with Crippen LogP contribution in [0.1, 0.15) is 18.4 Å². The Kier molecular flexibility index (Phi) is 4.21. The van der Waals surface area contributed by atoms with Crippen molar-refractivity contribution < 1.29 is 8.42 Å². The van der Waals surface area contributed by atoms with Crippen LogP contribution in [0.3, 0.4) is 0 Å². The fraction of sp³-hybridized carbons (Fsp3) is 0.444. The topological polar surface area (TPSA) is 75.2 Å². The third kappa shape index (κ3) is 3.02. The van der Waals surface area contributed by atoms with Crippen LogP contribution >= 0.6 is 0 Å². The maximum absolute atomic E-state index is 13.0. The zero-order valence-electron chi connectivity index (χ0n) is 14.2. The van der Waals surface area contributed by atoms with E-state index < -0.39 is 10.0 Å². The third-order valence-electron chi connectivity index (χ3n) is 5.44. The summed E-state index contributed by atoms with van der Waals surface area (Å²) in [6.07, 6.45) is 3.74. The van der Waals surface area contributed by atoms with Gasteiger partial charge in [-0.3, -0.25) is 0 Å². The average molecular weight is 358 g/mol. The third-order valence-corrected chi connectivity index (χ3v) is 7.43. The zero-order valence-corrected chi connectivity index (χ0v) is 15.0. The van der Waals surface area contributed by atoms with Gasteiger partial charge in [0.2, 0.25) is 10.0 Å². The van der Waals surface area contributed by atoms with E-state index in [-0.39, 0.29) is 6.04 Å². The number of benzene rings is 1. The van der Waals surface area contributed by atoms with Crippen molar-refractivity contribution in [2.45, 2.75) is 30.7 Å². The summed E-state index contributed by atoms with van der Waals surface area (Å²) in [5.74, 6) is 1.49. The van der Waals surface area contributed by atoms with Gasteiger partial charge in [0, 0.05) is 25.3 Å². The monoisotopic (exact) mass is 358 g/mol. The summed E-state index contributed by atoms with van der Waals surface area (Å²) >= 11 is 0. The van der Waals surface area contributed by atoms with Gasteiger partial charge in [0.25, 0.3) is 0 Å². The zero-order chi connectivity index (χ0) is 17.4. The van der Waals surface area contributed by atoms with Crippen molar-refractivity contribution in [3.05, 3.63) is 48.2 Å². The quantitative estimate of drug-likeness (QED) is 0.908. The predicted molar refractivity (Wildman–Crippen MR) is 95.6 cm³/mol. The predicted octanol–water partition coefficient (Wildman–Crippen LogP) is 2.30. The van der Waals surface area contributed by atoms with Crippen LogP contribution in [0, 0.1) is 18.8 Å². The number of hydrogen-bond donors (Lipinski definition) is 1. The maximum atomic E-state index is 13.0. The van der Waals surface area contributed by atoms with E-state index >= 15 is 0 Å². The van der Waals surface area contributed by atoms with Crippen molar-refractivity contribution in [2.75, 3.05) is 18.4 Å². The Morgan fingerprint density at radius 1 is 1.12 bits per heavy atom. The SMILES string of the molecule is Cc1ccccc1S(=O)(=O)N1C[C@H]2CC[C@@H](Nc3cccnn3)[C@H]2C1. The Balaban J connectivity index is 1.52. The lowest BCUT2D eigenvalue weighted by Crippen LogP contribution is -2.33. The van der Waals surface area contributed by atoms with E-state index in [1.165, 1.54) is 0 Å². The molecular weight excluding hydrogens is 336 g/mol. The molecule has 1 aliphatic carbocycles. The highest BCUT2D eigenvalue weighted by Crippen LogP contribution is 2.41. The van der Waals surface area contributed by atoms with Crippen molar-refractivity contribution in [3.63, 3.8) is 0 Å². The van der Waals surface area contributed by atoms with Crippen molar-refractivity contribution in [2.24, 2.45) is 11.8 Å². The molecule has 1 N–H and O–H groups in total. The van der Waals surface area contributed by atoms with Crippen molar-refractivity contribution in [1.29, 1.82) is 0 Å². The molecule has 1 saturated carbocycles. The first-order chi connectivity index (χ1) is 12.1. The summed E-state index contributed by atoms with van der Waals surface area (Å²) in [7, 11) is -3.43. The van der Waals surface area contributed by atoms with Gasteiger partial charge in [-0.25, -0.2) is 8.42 Å². The second-order valence-corrected chi connectivity index (χ2v) is 8.85. The molecule has 2 aliphatic rings. The average Bonchev–Trinajstić information content (AvgIpc) is 3.19. The molecule has 0 spiro atoms. The Bertz CT molecular complexity index is 856. The molecule has 0 amide bonds. The second kappa shape index (κ2) is 6.38. The molecule has 6 nitrogen and oxygen atoms in total. The van der Waals surface area contributed by atoms with E-state index in [0.29, 0.717) is 29.8 Å². The Labute approximate surface area is 148 Å². The molecule has 4 rings (SSSR count). The number of nitrogens with zero attached hydrogens (tertiary/aromatic N) is 3. The first kappa shape index (κ1) is 16.5. The summed E-state index contributed by atoms with van der Waals surface area (Å²) in [5.41, 5.74) is 0.800. The largest absolute Gasteiger partial charge is 0.366 e. The smallest absolute Gasteiger partial charge is 0.243 e. The minimum atomic E-state index is -3.43. The van der Waals surface area contributed by atoms with Crippen LogP contribution in [-0.4, -0.2) is 42.1 Å². The van der Waals surface area contributed by atoms with E-state index in [0.717, 1.165) is 24.2 Å². The van der Waals surface area contributed by atoms with Gasteiger partial charge < -0.3 is 5.32 Å². The highest BCUT2D eigenvalue weighted by Gasteiger charge is 2.46. The van der Waals surface area contributed by atoms with Gasteiger partial charge >= 0.3 is 0 Å². The van der Waals surface area contributed by atoms with Gasteiger partial charge in [-0.05, 0) is 55.4 Å². The van der Waals surface area contributed by atoms with Crippen LogP contribution < -0.4 is 5.32 Å². The van der Waals surface area contributed by atoms with Gasteiger partial charge in [0.1, 0.15) is 5.82 Å². The summed E-state index contributed by atoms with van der Waals surface area (Å²) in [6, 6.07) is 11.2. The van der Waals surface area contributed by atoms with E-state index in [4.69, 9.17) is 0 Å². The molecule has 0 unspecified atom stereocenters. The van der Waals surface area contributed by atoms with E-state index in [1.54, 1.807) is 22.6 Å². The standard InChI is InChI=1S/C18H22N4O2S/c1-13-5-2-3-6-17(13)25(23,24)22-11-14-8-9-16(15(14)12-22)20-18-7-4-10-19-21-18/h2-7,10,14-16H,8-9,11-12H2,1H3,(H,20,21)/t14-,15+,16-/m1/s1. The molecule has 0 radical (unpaired) electrons. The normalized spacial score (nSPS) is 26.5. The number of sulfonamides is 1. The van der Waals surface area contributed by atoms with Gasteiger partial charge in [0.05, 0.1) is 4.90 Å². The molecule has 25 heavy (non-hydrogen) atoms. The lowest BCUT2D eigenvalue weighted by molar-refractivity contribution is 0.436. The molecule has 7 heteroatoms. The molecule has 2 aromatic rings. The van der Waals surface area contributed by atoms with Crippen molar-refractivity contribution in [1.82, 2.24) is 14.5 Å². The Morgan fingerprint density at radius 2 is 1.96 bits per heavy atom. The molecule has 1 aliphatic heterocycles. The molecule has 2 fully saturated rings. The molecule has 1 aromatic carbocycles. The van der Waals surface area contributed by atoms with Crippen LogP contribution in [0.25, 0.3) is 0 Å². The number of fused-ring (bicyclic) bond motifs is 1. The fourth-order valence-electron chi connectivity index (χ4n) is 4.15. The van der Waals surface area contributed by atoms with Crippen molar-refractivity contribution >= 4 is 15.8 Å². The number of anilines is 1. The maximum Gasteiger partial charge on any atom is 0.243 e. The fourth-order valence-corrected chi connectivity index (χ4v) is 5.91. The summed E-state index contributed by atoms with van der Waals surface area (Å²) in [4.78, 5) is 0.424. The molecular formula is C18H22N4O2S. The van der Waals surface area contributed by atoms with Gasteiger partial charge in [-0.2, -0.15) is 9.40 Å². The number of nitrogens with one attached hydrogen (secondary N) is 1. The van der Waals surface area contributed by atoms with Crippen LogP contribution in [0.15, 0.2) is 47.5 Å². The lowest BCUT2D eigenvalue weighted by Gasteiger charge is -2.22.